The molecule has 0 saturated carbocycles. The second-order valence-electron chi connectivity index (χ2n) is 3.89. The molecule has 0 fully saturated rings. The second-order valence-corrected chi connectivity index (χ2v) is 5.05. The predicted octanol–water partition coefficient (Wildman–Crippen LogP) is 3.13. The number of rotatable bonds is 3. The Labute approximate surface area is 125 Å². The molecule has 1 amide bonds. The van der Waals surface area contributed by atoms with Crippen molar-refractivity contribution in [2.75, 3.05) is 18.2 Å². The highest BCUT2D eigenvalue weighted by Gasteiger charge is 2.11. The van der Waals surface area contributed by atoms with Gasteiger partial charge in [-0.25, -0.2) is 0 Å². The van der Waals surface area contributed by atoms with E-state index in [0.717, 1.165) is 3.57 Å². The molecule has 3 N–H and O–H groups in total. The number of hydrogen-bond acceptors (Lipinski definition) is 3. The molecule has 0 unspecified atom stereocenters. The van der Waals surface area contributed by atoms with Crippen molar-refractivity contribution in [1.82, 2.24) is 0 Å². The summed E-state index contributed by atoms with van der Waals surface area (Å²) in [6, 6.07) is 12.5. The molecule has 0 spiro atoms. The lowest BCUT2D eigenvalue weighted by atomic mass is 10.2. The first-order valence-electron chi connectivity index (χ1n) is 5.61. The molecule has 2 aromatic rings. The molecule has 0 aliphatic heterocycles. The van der Waals surface area contributed by atoms with Gasteiger partial charge in [0, 0.05) is 9.64 Å². The minimum atomic E-state index is -0.179. The Morgan fingerprint density at radius 1 is 1.26 bits per heavy atom. The minimum Gasteiger partial charge on any atom is -0.497 e. The van der Waals surface area contributed by atoms with E-state index in [1.807, 2.05) is 18.2 Å². The van der Waals surface area contributed by atoms with Gasteiger partial charge in [-0.1, -0.05) is 12.1 Å². The number of hydrogen-bond donors (Lipinski definition) is 2. The van der Waals surface area contributed by atoms with Crippen LogP contribution in [-0.2, 0) is 0 Å². The van der Waals surface area contributed by atoms with E-state index in [-0.39, 0.29) is 5.91 Å². The second kappa shape index (κ2) is 5.92. The van der Waals surface area contributed by atoms with Crippen LogP contribution >= 0.6 is 22.6 Å². The van der Waals surface area contributed by atoms with Gasteiger partial charge in [0.1, 0.15) is 5.75 Å². The largest absolute Gasteiger partial charge is 0.497 e. The predicted molar refractivity (Wildman–Crippen MR) is 84.5 cm³/mol. The molecule has 2 aromatic carbocycles. The van der Waals surface area contributed by atoms with Gasteiger partial charge in [0.25, 0.3) is 5.91 Å². The van der Waals surface area contributed by atoms with Crippen LogP contribution in [-0.4, -0.2) is 13.0 Å². The van der Waals surface area contributed by atoms with Gasteiger partial charge in [-0.3, -0.25) is 4.79 Å². The third-order valence-corrected chi connectivity index (χ3v) is 3.57. The van der Waals surface area contributed by atoms with Crippen molar-refractivity contribution in [2.45, 2.75) is 0 Å². The fraction of sp³-hybridized carbons (Fsp3) is 0.0714. The third-order valence-electron chi connectivity index (χ3n) is 2.63. The Kier molecular flexibility index (Phi) is 4.26. The summed E-state index contributed by atoms with van der Waals surface area (Å²) in [7, 11) is 1.57. The first-order chi connectivity index (χ1) is 9.11. The monoisotopic (exact) mass is 368 g/mol. The van der Waals surface area contributed by atoms with E-state index in [0.29, 0.717) is 22.7 Å². The zero-order valence-corrected chi connectivity index (χ0v) is 12.5. The van der Waals surface area contributed by atoms with Gasteiger partial charge in [0.2, 0.25) is 0 Å². The number of ether oxygens (including phenoxy) is 1. The van der Waals surface area contributed by atoms with Crippen molar-refractivity contribution in [2.24, 2.45) is 0 Å². The first-order valence-corrected chi connectivity index (χ1v) is 6.69. The van der Waals surface area contributed by atoms with Crippen LogP contribution in [0.2, 0.25) is 0 Å². The van der Waals surface area contributed by atoms with Crippen molar-refractivity contribution in [1.29, 1.82) is 0 Å². The molecule has 19 heavy (non-hydrogen) atoms. The van der Waals surface area contributed by atoms with Gasteiger partial charge in [-0.15, -0.1) is 0 Å². The van der Waals surface area contributed by atoms with E-state index in [9.17, 15) is 4.79 Å². The summed E-state index contributed by atoms with van der Waals surface area (Å²) in [6.07, 6.45) is 0. The summed E-state index contributed by atoms with van der Waals surface area (Å²) < 4.78 is 5.96. The van der Waals surface area contributed by atoms with Gasteiger partial charge in [0.15, 0.2) is 0 Å². The van der Waals surface area contributed by atoms with Crippen LogP contribution in [0, 0.1) is 3.57 Å². The average molecular weight is 368 g/mol. The third kappa shape index (κ3) is 3.17. The van der Waals surface area contributed by atoms with E-state index in [4.69, 9.17) is 10.5 Å². The van der Waals surface area contributed by atoms with Crippen LogP contribution in [0.1, 0.15) is 10.4 Å². The van der Waals surface area contributed by atoms with Crippen molar-refractivity contribution in [3.05, 3.63) is 51.6 Å². The number of halogens is 1. The molecule has 5 heteroatoms. The summed E-state index contributed by atoms with van der Waals surface area (Å²) in [6.45, 7) is 0. The number of carbonyl (C=O) groups excluding carboxylic acids is 1. The summed E-state index contributed by atoms with van der Waals surface area (Å²) in [5, 5.41) is 2.79. The Morgan fingerprint density at radius 3 is 2.63 bits per heavy atom. The van der Waals surface area contributed by atoms with E-state index in [1.165, 1.54) is 0 Å². The lowest BCUT2D eigenvalue weighted by Gasteiger charge is -2.10. The molecule has 0 saturated heterocycles. The average Bonchev–Trinajstić information content (AvgIpc) is 2.41. The maximum atomic E-state index is 12.1. The van der Waals surface area contributed by atoms with Crippen molar-refractivity contribution in [3.63, 3.8) is 0 Å². The van der Waals surface area contributed by atoms with Crippen LogP contribution in [0.25, 0.3) is 0 Å². The molecule has 0 heterocycles. The molecule has 0 aliphatic carbocycles. The van der Waals surface area contributed by atoms with Gasteiger partial charge in [-0.2, -0.15) is 0 Å². The van der Waals surface area contributed by atoms with Crippen molar-refractivity contribution < 1.29 is 9.53 Å². The Balaban J connectivity index is 2.22. The topological polar surface area (TPSA) is 64.3 Å². The Hall–Kier alpha value is -1.76. The summed E-state index contributed by atoms with van der Waals surface area (Å²) in [4.78, 5) is 12.1. The van der Waals surface area contributed by atoms with Crippen LogP contribution in [0.3, 0.4) is 0 Å². The molecule has 98 valence electrons. The summed E-state index contributed by atoms with van der Waals surface area (Å²) in [5.74, 6) is 0.478. The van der Waals surface area contributed by atoms with Gasteiger partial charge < -0.3 is 15.8 Å². The number of methoxy groups -OCH3 is 1. The molecular weight excluding hydrogens is 355 g/mol. The number of amides is 1. The standard InChI is InChI=1S/C14H13IN2O2/c1-19-9-6-7-13(12(16)8-9)17-14(18)10-4-2-3-5-11(10)15/h2-8H,16H2,1H3,(H,17,18). The highest BCUT2D eigenvalue weighted by Crippen LogP contribution is 2.25. The number of anilines is 2. The number of nitrogens with two attached hydrogens (primary N) is 1. The van der Waals surface area contributed by atoms with Gasteiger partial charge in [0.05, 0.1) is 24.0 Å². The van der Waals surface area contributed by atoms with Crippen LogP contribution in [0.5, 0.6) is 5.75 Å². The number of carbonyl (C=O) groups is 1. The molecule has 0 aliphatic rings. The normalized spacial score (nSPS) is 10.0. The van der Waals surface area contributed by atoms with Crippen LogP contribution in [0.4, 0.5) is 11.4 Å². The van der Waals surface area contributed by atoms with E-state index in [1.54, 1.807) is 31.4 Å². The first kappa shape index (κ1) is 13.7. The van der Waals surface area contributed by atoms with Crippen molar-refractivity contribution >= 4 is 39.9 Å². The fourth-order valence-electron chi connectivity index (χ4n) is 1.62. The van der Waals surface area contributed by atoms with Gasteiger partial charge in [-0.05, 0) is 46.9 Å². The molecule has 2 rings (SSSR count). The smallest absolute Gasteiger partial charge is 0.256 e. The number of benzene rings is 2. The van der Waals surface area contributed by atoms with Crippen molar-refractivity contribution in [3.8, 4) is 5.75 Å². The Morgan fingerprint density at radius 2 is 2.00 bits per heavy atom. The zero-order chi connectivity index (χ0) is 13.8. The highest BCUT2D eigenvalue weighted by atomic mass is 127. The van der Waals surface area contributed by atoms with Crippen LogP contribution < -0.4 is 15.8 Å². The fourth-order valence-corrected chi connectivity index (χ4v) is 2.25. The van der Waals surface area contributed by atoms with Gasteiger partial charge >= 0.3 is 0 Å². The lowest BCUT2D eigenvalue weighted by Crippen LogP contribution is -2.14. The Bertz CT molecular complexity index is 614. The number of nitrogens with one attached hydrogen (secondary N) is 1. The molecule has 0 bridgehead atoms. The van der Waals surface area contributed by atoms with E-state index < -0.39 is 0 Å². The highest BCUT2D eigenvalue weighted by molar-refractivity contribution is 14.1. The minimum absolute atomic E-state index is 0.179. The van der Waals surface area contributed by atoms with E-state index in [2.05, 4.69) is 27.9 Å². The maximum Gasteiger partial charge on any atom is 0.256 e. The van der Waals surface area contributed by atoms with E-state index >= 15 is 0 Å². The molecule has 4 nitrogen and oxygen atoms in total. The summed E-state index contributed by atoms with van der Waals surface area (Å²) in [5.41, 5.74) is 7.53. The summed E-state index contributed by atoms with van der Waals surface area (Å²) >= 11 is 2.13. The quantitative estimate of drug-likeness (QED) is 0.646. The lowest BCUT2D eigenvalue weighted by molar-refractivity contribution is 0.102. The molecule has 0 radical (unpaired) electrons. The maximum absolute atomic E-state index is 12.1. The molecular formula is C14H13IN2O2. The molecule has 0 atom stereocenters. The SMILES string of the molecule is COc1ccc(NC(=O)c2ccccc2I)c(N)c1. The zero-order valence-electron chi connectivity index (χ0n) is 10.3. The number of nitrogen functional groups attached to an aromatic ring is 1. The molecule has 0 aromatic heterocycles. The van der Waals surface area contributed by atoms with Crippen LogP contribution in [0.15, 0.2) is 42.5 Å².